The molecule has 0 aromatic heterocycles. The Balaban J connectivity index is 4.49. The molecule has 392 valence electrons. The molecule has 0 aliphatic carbocycles. The first kappa shape index (κ1) is 65.5. The van der Waals surface area contributed by atoms with Crippen LogP contribution in [0.3, 0.4) is 0 Å². The minimum absolute atomic E-state index is 0.0208. The lowest BCUT2D eigenvalue weighted by atomic mass is 10.1. The zero-order valence-corrected chi connectivity index (χ0v) is 45.0. The number of esters is 2. The normalized spacial score (nSPS) is 13.5. The van der Waals surface area contributed by atoms with E-state index in [9.17, 15) is 9.59 Å². The molecule has 1 unspecified atom stereocenters. The standard InChI is InChI=1S/C65H102O5/c1-4-7-10-13-16-19-22-25-28-31-33-35-37-40-43-46-49-52-55-58-64(66)69-62-63(61-68-60-57-54-51-48-45-42-39-36-32-29-26-23-20-17-14-11-8-5-2)70-65(67)59-56-53-50-47-44-41-38-34-30-27-24-21-18-15-12-9-6-3/h7-12,16-21,25-30,33,35,38,40-41,43,49,52,63H,4-6,13-15,22-24,31-32,34,36-37,39,42,44-48,50-51,53-62H2,1-3H3/b10-7-,11-8-,12-9-,19-16-,20-17-,21-18-,28-25-,29-26-,30-27-,35-33-,41-38-,43-40-,52-49-. The predicted molar refractivity (Wildman–Crippen MR) is 306 cm³/mol. The number of carbonyl (C=O) groups excluding carboxylic acids is 2. The molecule has 0 N–H and O–H groups in total. The van der Waals surface area contributed by atoms with E-state index >= 15 is 0 Å². The summed E-state index contributed by atoms with van der Waals surface area (Å²) in [5, 5.41) is 0. The van der Waals surface area contributed by atoms with Gasteiger partial charge in [0.25, 0.3) is 0 Å². The van der Waals surface area contributed by atoms with Gasteiger partial charge in [-0.25, -0.2) is 0 Å². The van der Waals surface area contributed by atoms with Gasteiger partial charge in [0.05, 0.1) is 6.61 Å². The van der Waals surface area contributed by atoms with Gasteiger partial charge in [-0.3, -0.25) is 9.59 Å². The lowest BCUT2D eigenvalue weighted by Crippen LogP contribution is -2.30. The van der Waals surface area contributed by atoms with Crippen molar-refractivity contribution in [2.75, 3.05) is 19.8 Å². The summed E-state index contributed by atoms with van der Waals surface area (Å²) in [5.74, 6) is -0.537. The maximum atomic E-state index is 12.9. The van der Waals surface area contributed by atoms with Crippen LogP contribution in [0.25, 0.3) is 0 Å². The molecule has 0 fully saturated rings. The van der Waals surface area contributed by atoms with E-state index < -0.39 is 6.10 Å². The average molecular weight is 964 g/mol. The van der Waals surface area contributed by atoms with Gasteiger partial charge in [0.2, 0.25) is 0 Å². The zero-order valence-electron chi connectivity index (χ0n) is 45.0. The first-order valence-electron chi connectivity index (χ1n) is 28.0. The fourth-order valence-corrected chi connectivity index (χ4v) is 7.01. The Morgan fingerprint density at radius 1 is 0.314 bits per heavy atom. The average Bonchev–Trinajstić information content (AvgIpc) is 3.36. The summed E-state index contributed by atoms with van der Waals surface area (Å²) in [7, 11) is 0. The number of hydrogen-bond acceptors (Lipinski definition) is 5. The second kappa shape index (κ2) is 58.8. The van der Waals surface area contributed by atoms with Gasteiger partial charge in [-0.05, 0) is 128 Å². The highest BCUT2D eigenvalue weighted by Crippen LogP contribution is 2.12. The molecule has 70 heavy (non-hydrogen) atoms. The number of carbonyl (C=O) groups is 2. The van der Waals surface area contributed by atoms with Crippen molar-refractivity contribution >= 4 is 11.9 Å². The third kappa shape index (κ3) is 56.1. The summed E-state index contributed by atoms with van der Waals surface area (Å²) in [6, 6.07) is 0. The number of ether oxygens (including phenoxy) is 3. The topological polar surface area (TPSA) is 61.8 Å². The SMILES string of the molecule is CC/C=C\C/C=C\C/C=C\C/C=C\C/C=C\C/C=C\CCC(=O)OCC(COCCCCCCCCCC/C=C\C/C=C\C/C=C\CC)OC(=O)CCCCCC/C=C\C/C=C\C/C=C\C/C=C\CC. The monoisotopic (exact) mass is 963 g/mol. The van der Waals surface area contributed by atoms with E-state index in [1.54, 1.807) is 0 Å². The Kier molecular flexibility index (Phi) is 55.1. The van der Waals surface area contributed by atoms with E-state index in [0.717, 1.165) is 128 Å². The highest BCUT2D eigenvalue weighted by Gasteiger charge is 2.17. The lowest BCUT2D eigenvalue weighted by molar-refractivity contribution is -0.162. The summed E-state index contributed by atoms with van der Waals surface area (Å²) in [4.78, 5) is 25.5. The highest BCUT2D eigenvalue weighted by atomic mass is 16.6. The van der Waals surface area contributed by atoms with Crippen molar-refractivity contribution in [2.45, 2.75) is 219 Å². The van der Waals surface area contributed by atoms with Crippen LogP contribution in [0.4, 0.5) is 0 Å². The molecular formula is C65H102O5. The molecule has 0 rings (SSSR count). The van der Waals surface area contributed by atoms with Crippen molar-refractivity contribution < 1.29 is 23.8 Å². The van der Waals surface area contributed by atoms with E-state index in [2.05, 4.69) is 173 Å². The molecule has 5 nitrogen and oxygen atoms in total. The Bertz CT molecular complexity index is 1560. The van der Waals surface area contributed by atoms with Crippen molar-refractivity contribution in [3.05, 3.63) is 158 Å². The molecule has 5 heteroatoms. The highest BCUT2D eigenvalue weighted by molar-refractivity contribution is 5.70. The summed E-state index contributed by atoms with van der Waals surface area (Å²) in [5.41, 5.74) is 0. The molecule has 0 saturated carbocycles. The van der Waals surface area contributed by atoms with Crippen LogP contribution in [0.2, 0.25) is 0 Å². The molecule has 0 amide bonds. The van der Waals surface area contributed by atoms with Gasteiger partial charge in [0.1, 0.15) is 6.61 Å². The molecular weight excluding hydrogens is 861 g/mol. The van der Waals surface area contributed by atoms with Crippen LogP contribution >= 0.6 is 0 Å². The van der Waals surface area contributed by atoms with E-state index in [-0.39, 0.29) is 31.6 Å². The molecule has 0 aliphatic heterocycles. The first-order chi connectivity index (χ1) is 34.6. The second-order valence-electron chi connectivity index (χ2n) is 17.7. The Hall–Kier alpha value is -4.48. The number of allylic oxidation sites excluding steroid dienone is 26. The van der Waals surface area contributed by atoms with Gasteiger partial charge in [0, 0.05) is 19.4 Å². The molecule has 0 spiro atoms. The lowest BCUT2D eigenvalue weighted by Gasteiger charge is -2.18. The number of rotatable bonds is 49. The summed E-state index contributed by atoms with van der Waals surface area (Å²) in [6.07, 6.45) is 87.0. The van der Waals surface area contributed by atoms with Crippen molar-refractivity contribution in [1.82, 2.24) is 0 Å². The van der Waals surface area contributed by atoms with E-state index in [1.807, 2.05) is 6.08 Å². The van der Waals surface area contributed by atoms with Gasteiger partial charge in [-0.1, -0.05) is 230 Å². The molecule has 0 aliphatic rings. The largest absolute Gasteiger partial charge is 0.462 e. The van der Waals surface area contributed by atoms with E-state index in [0.29, 0.717) is 19.4 Å². The molecule has 0 heterocycles. The molecule has 0 saturated heterocycles. The molecule has 0 radical (unpaired) electrons. The third-order valence-electron chi connectivity index (χ3n) is 11.1. The van der Waals surface area contributed by atoms with Crippen LogP contribution in [0.1, 0.15) is 213 Å². The smallest absolute Gasteiger partial charge is 0.306 e. The predicted octanol–water partition coefficient (Wildman–Crippen LogP) is 19.5. The Morgan fingerprint density at radius 2 is 0.629 bits per heavy atom. The fourth-order valence-electron chi connectivity index (χ4n) is 7.01. The minimum Gasteiger partial charge on any atom is -0.462 e. The summed E-state index contributed by atoms with van der Waals surface area (Å²) in [6.45, 7) is 7.35. The van der Waals surface area contributed by atoms with Gasteiger partial charge in [0.15, 0.2) is 6.10 Å². The van der Waals surface area contributed by atoms with Crippen molar-refractivity contribution in [3.8, 4) is 0 Å². The zero-order chi connectivity index (χ0) is 50.6. The molecule has 0 bridgehead atoms. The minimum atomic E-state index is -0.597. The van der Waals surface area contributed by atoms with Crippen LogP contribution in [-0.2, 0) is 23.8 Å². The Morgan fingerprint density at radius 3 is 1.01 bits per heavy atom. The second-order valence-corrected chi connectivity index (χ2v) is 17.7. The Labute approximate surface area is 431 Å². The van der Waals surface area contributed by atoms with Crippen LogP contribution in [0, 0.1) is 0 Å². The molecule has 1 atom stereocenters. The first-order valence-corrected chi connectivity index (χ1v) is 28.0. The fraction of sp³-hybridized carbons (Fsp3) is 0.569. The summed E-state index contributed by atoms with van der Waals surface area (Å²) < 4.78 is 17.4. The van der Waals surface area contributed by atoms with E-state index in [1.165, 1.54) is 44.9 Å². The number of unbranched alkanes of at least 4 members (excludes halogenated alkanes) is 12. The maximum absolute atomic E-state index is 12.9. The molecule has 0 aromatic rings. The van der Waals surface area contributed by atoms with Crippen LogP contribution in [-0.4, -0.2) is 37.9 Å². The summed E-state index contributed by atoms with van der Waals surface area (Å²) >= 11 is 0. The number of hydrogen-bond donors (Lipinski definition) is 0. The van der Waals surface area contributed by atoms with Crippen molar-refractivity contribution in [3.63, 3.8) is 0 Å². The van der Waals surface area contributed by atoms with Gasteiger partial charge in [-0.2, -0.15) is 0 Å². The quantitative estimate of drug-likeness (QED) is 0.0345. The third-order valence-corrected chi connectivity index (χ3v) is 11.1. The maximum Gasteiger partial charge on any atom is 0.306 e. The van der Waals surface area contributed by atoms with Crippen LogP contribution in [0.5, 0.6) is 0 Å². The van der Waals surface area contributed by atoms with Crippen LogP contribution in [0.15, 0.2) is 158 Å². The van der Waals surface area contributed by atoms with Crippen molar-refractivity contribution in [2.24, 2.45) is 0 Å². The van der Waals surface area contributed by atoms with Gasteiger partial charge in [-0.15, -0.1) is 0 Å². The van der Waals surface area contributed by atoms with Crippen LogP contribution < -0.4 is 0 Å². The van der Waals surface area contributed by atoms with Crippen molar-refractivity contribution in [1.29, 1.82) is 0 Å². The van der Waals surface area contributed by atoms with Gasteiger partial charge >= 0.3 is 11.9 Å². The van der Waals surface area contributed by atoms with Gasteiger partial charge < -0.3 is 14.2 Å². The van der Waals surface area contributed by atoms with E-state index in [4.69, 9.17) is 14.2 Å². The molecule has 0 aromatic carbocycles.